The van der Waals surface area contributed by atoms with Crippen molar-refractivity contribution in [1.82, 2.24) is 4.98 Å². The first kappa shape index (κ1) is 24.8. The van der Waals surface area contributed by atoms with Crippen molar-refractivity contribution in [3.63, 3.8) is 0 Å². The molecule has 2 amide bonds. The number of oxazole rings is 1. The number of carboxylic acid groups (broad SMARTS) is 1. The average molecular weight is 524 g/mol. The largest absolute Gasteiger partial charge is 0.478 e. The number of amides is 2. The van der Waals surface area contributed by atoms with Crippen LogP contribution in [0.1, 0.15) is 20.7 Å². The first-order valence-corrected chi connectivity index (χ1v) is 12.6. The number of nitrogens with one attached hydrogen (secondary N) is 2. The van der Waals surface area contributed by atoms with E-state index in [2.05, 4.69) is 15.6 Å². The normalized spacial score (nSPS) is 10.7. The van der Waals surface area contributed by atoms with Gasteiger partial charge in [-0.05, 0) is 72.8 Å². The summed E-state index contributed by atoms with van der Waals surface area (Å²) >= 11 is 1.35. The third-order valence-electron chi connectivity index (χ3n) is 5.59. The highest BCUT2D eigenvalue weighted by Gasteiger charge is 2.16. The summed E-state index contributed by atoms with van der Waals surface area (Å²) in [6, 6.07) is 27.8. The molecule has 38 heavy (non-hydrogen) atoms. The van der Waals surface area contributed by atoms with Crippen LogP contribution in [0.2, 0.25) is 0 Å². The van der Waals surface area contributed by atoms with Gasteiger partial charge in [-0.25, -0.2) is 9.78 Å². The second-order valence-corrected chi connectivity index (χ2v) is 9.28. The minimum atomic E-state index is -1.17. The molecule has 0 aliphatic heterocycles. The second-order valence-electron chi connectivity index (χ2n) is 8.23. The van der Waals surface area contributed by atoms with Gasteiger partial charge in [-0.3, -0.25) is 9.59 Å². The molecule has 8 nitrogen and oxygen atoms in total. The topological polar surface area (TPSA) is 122 Å². The molecule has 0 aliphatic rings. The number of carboxylic acids is 1. The summed E-state index contributed by atoms with van der Waals surface area (Å²) in [6.45, 7) is 0. The molecule has 9 heteroatoms. The van der Waals surface area contributed by atoms with Gasteiger partial charge < -0.3 is 20.2 Å². The summed E-state index contributed by atoms with van der Waals surface area (Å²) in [5.41, 5.74) is 3.51. The SMILES string of the molecule is O=C(CSc1ccc(NC(=O)c2ccccc2C(=O)O)cc1)Nc1ccc(-c2nc3ccccc3o2)cc1. The number of para-hydroxylation sites is 2. The fraction of sp³-hybridized carbons (Fsp3) is 0.0345. The maximum atomic E-state index is 12.5. The summed E-state index contributed by atoms with van der Waals surface area (Å²) in [4.78, 5) is 41.6. The van der Waals surface area contributed by atoms with E-state index in [-0.39, 0.29) is 22.8 Å². The summed E-state index contributed by atoms with van der Waals surface area (Å²) in [7, 11) is 0. The van der Waals surface area contributed by atoms with Crippen LogP contribution in [0, 0.1) is 0 Å². The second kappa shape index (κ2) is 11.0. The highest BCUT2D eigenvalue weighted by molar-refractivity contribution is 8.00. The Morgan fingerprint density at radius 2 is 1.39 bits per heavy atom. The molecule has 5 rings (SSSR count). The minimum absolute atomic E-state index is 0.0657. The number of carbonyl (C=O) groups excluding carboxylic acids is 2. The fourth-order valence-electron chi connectivity index (χ4n) is 3.74. The van der Waals surface area contributed by atoms with Gasteiger partial charge in [-0.2, -0.15) is 0 Å². The number of aromatic nitrogens is 1. The van der Waals surface area contributed by atoms with Crippen LogP contribution in [0.5, 0.6) is 0 Å². The summed E-state index contributed by atoms with van der Waals surface area (Å²) < 4.78 is 5.78. The molecule has 0 fully saturated rings. The van der Waals surface area contributed by atoms with E-state index in [1.807, 2.05) is 36.4 Å². The van der Waals surface area contributed by atoms with Crippen molar-refractivity contribution in [2.75, 3.05) is 16.4 Å². The Balaban J connectivity index is 1.13. The van der Waals surface area contributed by atoms with Crippen LogP contribution in [0.4, 0.5) is 11.4 Å². The first-order chi connectivity index (χ1) is 18.5. The maximum Gasteiger partial charge on any atom is 0.336 e. The zero-order valence-electron chi connectivity index (χ0n) is 19.9. The molecular formula is C29H21N3O5S. The molecule has 1 heterocycles. The Hall–Kier alpha value is -4.89. The van der Waals surface area contributed by atoms with Crippen molar-refractivity contribution in [2.45, 2.75) is 4.90 Å². The number of benzene rings is 4. The standard InChI is InChI=1S/C29H21N3O5S/c33-26(30-19-11-9-18(10-12-19)28-32-24-7-3-4-8-25(24)37-28)17-38-21-15-13-20(14-16-21)31-27(34)22-5-1-2-6-23(22)29(35)36/h1-16H,17H2,(H,30,33)(H,31,34)(H,35,36). The van der Waals surface area contributed by atoms with Crippen LogP contribution in [0.3, 0.4) is 0 Å². The van der Waals surface area contributed by atoms with Gasteiger partial charge in [0.2, 0.25) is 11.8 Å². The quantitative estimate of drug-likeness (QED) is 0.208. The van der Waals surface area contributed by atoms with Gasteiger partial charge in [0.25, 0.3) is 5.91 Å². The van der Waals surface area contributed by atoms with E-state index in [4.69, 9.17) is 4.42 Å². The first-order valence-electron chi connectivity index (χ1n) is 11.6. The minimum Gasteiger partial charge on any atom is -0.478 e. The zero-order valence-corrected chi connectivity index (χ0v) is 20.7. The molecule has 188 valence electrons. The van der Waals surface area contributed by atoms with Crippen molar-refractivity contribution in [3.8, 4) is 11.5 Å². The number of aromatic carboxylic acids is 1. The Morgan fingerprint density at radius 1 is 0.763 bits per heavy atom. The van der Waals surface area contributed by atoms with E-state index in [1.165, 1.54) is 23.9 Å². The van der Waals surface area contributed by atoms with Crippen molar-refractivity contribution >= 4 is 52.0 Å². The molecule has 0 spiro atoms. The fourth-order valence-corrected chi connectivity index (χ4v) is 4.44. The van der Waals surface area contributed by atoms with E-state index in [1.54, 1.807) is 48.5 Å². The van der Waals surface area contributed by atoms with Crippen LogP contribution in [0.25, 0.3) is 22.6 Å². The van der Waals surface area contributed by atoms with Gasteiger partial charge in [-0.15, -0.1) is 11.8 Å². The van der Waals surface area contributed by atoms with E-state index in [9.17, 15) is 19.5 Å². The van der Waals surface area contributed by atoms with Crippen molar-refractivity contribution in [3.05, 3.63) is 108 Å². The van der Waals surface area contributed by atoms with Gasteiger partial charge in [-0.1, -0.05) is 24.3 Å². The van der Waals surface area contributed by atoms with Gasteiger partial charge in [0.15, 0.2) is 5.58 Å². The molecule has 4 aromatic carbocycles. The van der Waals surface area contributed by atoms with Gasteiger partial charge >= 0.3 is 5.97 Å². The molecule has 1 aromatic heterocycles. The molecule has 0 aliphatic carbocycles. The Bertz CT molecular complexity index is 1600. The van der Waals surface area contributed by atoms with Crippen LogP contribution in [-0.4, -0.2) is 33.6 Å². The lowest BCUT2D eigenvalue weighted by atomic mass is 10.1. The van der Waals surface area contributed by atoms with Gasteiger partial charge in [0.05, 0.1) is 16.9 Å². The summed E-state index contributed by atoms with van der Waals surface area (Å²) in [5.74, 6) is -1.12. The van der Waals surface area contributed by atoms with Gasteiger partial charge in [0.1, 0.15) is 5.52 Å². The maximum absolute atomic E-state index is 12.5. The zero-order chi connectivity index (χ0) is 26.5. The lowest BCUT2D eigenvalue weighted by Gasteiger charge is -2.09. The van der Waals surface area contributed by atoms with Crippen LogP contribution >= 0.6 is 11.8 Å². The van der Waals surface area contributed by atoms with Crippen molar-refractivity contribution in [2.24, 2.45) is 0 Å². The van der Waals surface area contributed by atoms with Crippen LogP contribution in [0.15, 0.2) is 106 Å². The number of rotatable bonds is 8. The number of nitrogens with zero attached hydrogens (tertiary/aromatic N) is 1. The lowest BCUT2D eigenvalue weighted by Crippen LogP contribution is -2.16. The molecule has 0 saturated carbocycles. The van der Waals surface area contributed by atoms with Crippen molar-refractivity contribution in [1.29, 1.82) is 0 Å². The third kappa shape index (κ3) is 5.74. The monoisotopic (exact) mass is 523 g/mol. The predicted molar refractivity (Wildman–Crippen MR) is 147 cm³/mol. The summed E-state index contributed by atoms with van der Waals surface area (Å²) in [6.07, 6.45) is 0. The van der Waals surface area contributed by atoms with E-state index in [0.717, 1.165) is 21.6 Å². The molecule has 0 unspecified atom stereocenters. The Morgan fingerprint density at radius 3 is 2.11 bits per heavy atom. The average Bonchev–Trinajstić information content (AvgIpc) is 3.37. The molecule has 0 radical (unpaired) electrons. The smallest absolute Gasteiger partial charge is 0.336 e. The predicted octanol–water partition coefficient (Wildman–Crippen LogP) is 6.18. The Kier molecular flexibility index (Phi) is 7.19. The third-order valence-corrected chi connectivity index (χ3v) is 6.61. The highest BCUT2D eigenvalue weighted by atomic mass is 32.2. The number of anilines is 2. The van der Waals surface area contributed by atoms with E-state index in [0.29, 0.717) is 17.3 Å². The number of thioether (sulfide) groups is 1. The van der Waals surface area contributed by atoms with E-state index < -0.39 is 11.9 Å². The molecule has 3 N–H and O–H groups in total. The van der Waals surface area contributed by atoms with E-state index >= 15 is 0 Å². The molecule has 5 aromatic rings. The van der Waals surface area contributed by atoms with Gasteiger partial charge in [0, 0.05) is 21.8 Å². The molecule has 0 bridgehead atoms. The Labute approximate surface area is 221 Å². The number of hydrogen-bond donors (Lipinski definition) is 3. The lowest BCUT2D eigenvalue weighted by molar-refractivity contribution is -0.113. The number of carbonyl (C=O) groups is 3. The number of hydrogen-bond acceptors (Lipinski definition) is 6. The molecule has 0 atom stereocenters. The molecular weight excluding hydrogens is 502 g/mol. The summed E-state index contributed by atoms with van der Waals surface area (Å²) in [5, 5.41) is 14.8. The van der Waals surface area contributed by atoms with Crippen molar-refractivity contribution < 1.29 is 23.9 Å². The number of fused-ring (bicyclic) bond motifs is 1. The molecule has 0 saturated heterocycles. The van der Waals surface area contributed by atoms with Crippen LogP contribution < -0.4 is 10.6 Å². The highest BCUT2D eigenvalue weighted by Crippen LogP contribution is 2.26. The van der Waals surface area contributed by atoms with Crippen LogP contribution in [-0.2, 0) is 4.79 Å².